The van der Waals surface area contributed by atoms with Crippen LogP contribution in [0.3, 0.4) is 0 Å². The van der Waals surface area contributed by atoms with Gasteiger partial charge in [0.25, 0.3) is 0 Å². The van der Waals surface area contributed by atoms with Gasteiger partial charge < -0.3 is 16.0 Å². The van der Waals surface area contributed by atoms with Crippen LogP contribution in [-0.4, -0.2) is 38.3 Å². The van der Waals surface area contributed by atoms with E-state index in [1.165, 1.54) is 4.88 Å². The summed E-state index contributed by atoms with van der Waals surface area (Å²) < 4.78 is 1.06. The van der Waals surface area contributed by atoms with Crippen LogP contribution in [0.15, 0.2) is 12.1 Å². The first-order valence-electron chi connectivity index (χ1n) is 10.1. The standard InChI is InChI=1S/C20H29N7S/c1-5-13-9-15(10-14(6-2)21-13)22-20-23-16-8-12(4)28-18(16)19(25-20)24-17-7-11(3)26-27-17/h7-8,13-15,21H,5-6,9-10H2,1-4H3,(H3,22,23,24,25,26,27). The second-order valence-corrected chi connectivity index (χ2v) is 8.97. The van der Waals surface area contributed by atoms with Gasteiger partial charge in [-0.1, -0.05) is 13.8 Å². The largest absolute Gasteiger partial charge is 0.351 e. The Kier molecular flexibility index (Phi) is 5.50. The maximum absolute atomic E-state index is 4.82. The summed E-state index contributed by atoms with van der Waals surface area (Å²) in [4.78, 5) is 10.8. The predicted molar refractivity (Wildman–Crippen MR) is 117 cm³/mol. The smallest absolute Gasteiger partial charge is 0.225 e. The van der Waals surface area contributed by atoms with Crippen LogP contribution < -0.4 is 16.0 Å². The maximum Gasteiger partial charge on any atom is 0.225 e. The molecule has 8 heteroatoms. The lowest BCUT2D eigenvalue weighted by atomic mass is 9.91. The van der Waals surface area contributed by atoms with Crippen LogP contribution in [-0.2, 0) is 0 Å². The fourth-order valence-electron chi connectivity index (χ4n) is 3.92. The van der Waals surface area contributed by atoms with Crippen LogP contribution in [0, 0.1) is 13.8 Å². The van der Waals surface area contributed by atoms with Crippen LogP contribution in [0.5, 0.6) is 0 Å². The second-order valence-electron chi connectivity index (χ2n) is 7.72. The Morgan fingerprint density at radius 3 is 2.50 bits per heavy atom. The highest BCUT2D eigenvalue weighted by Crippen LogP contribution is 2.32. The molecule has 0 spiro atoms. The molecule has 2 unspecified atom stereocenters. The molecule has 4 rings (SSSR count). The molecule has 150 valence electrons. The topological polar surface area (TPSA) is 90.5 Å². The highest BCUT2D eigenvalue weighted by atomic mass is 32.1. The van der Waals surface area contributed by atoms with E-state index in [-0.39, 0.29) is 0 Å². The SMILES string of the molecule is CCC1CC(Nc2nc(Nc3cc(C)[nH]n3)c3sc(C)cc3n2)CC(CC)N1. The molecule has 0 bridgehead atoms. The van der Waals surface area contributed by atoms with Crippen molar-refractivity contribution < 1.29 is 0 Å². The molecule has 2 atom stereocenters. The van der Waals surface area contributed by atoms with Crippen LogP contribution >= 0.6 is 11.3 Å². The lowest BCUT2D eigenvalue weighted by molar-refractivity contribution is 0.289. The Hall–Kier alpha value is -2.19. The average molecular weight is 400 g/mol. The van der Waals surface area contributed by atoms with Gasteiger partial charge in [0, 0.05) is 34.8 Å². The number of aromatic nitrogens is 4. The molecule has 0 radical (unpaired) electrons. The maximum atomic E-state index is 4.82. The van der Waals surface area contributed by atoms with Gasteiger partial charge in [0.2, 0.25) is 5.95 Å². The summed E-state index contributed by atoms with van der Waals surface area (Å²) in [6.45, 7) is 8.59. The van der Waals surface area contributed by atoms with Crippen LogP contribution in [0.25, 0.3) is 10.2 Å². The zero-order valence-corrected chi connectivity index (χ0v) is 17.8. The van der Waals surface area contributed by atoms with Gasteiger partial charge >= 0.3 is 0 Å². The number of nitrogens with zero attached hydrogens (tertiary/aromatic N) is 3. The summed E-state index contributed by atoms with van der Waals surface area (Å²) >= 11 is 1.70. The molecule has 0 amide bonds. The van der Waals surface area contributed by atoms with E-state index in [0.29, 0.717) is 24.1 Å². The molecule has 1 aliphatic rings. The molecular weight excluding hydrogens is 370 g/mol. The summed E-state index contributed by atoms with van der Waals surface area (Å²) in [5.74, 6) is 2.27. The van der Waals surface area contributed by atoms with Crippen molar-refractivity contribution in [1.82, 2.24) is 25.5 Å². The Morgan fingerprint density at radius 2 is 1.86 bits per heavy atom. The minimum absolute atomic E-state index is 0.383. The highest BCUT2D eigenvalue weighted by molar-refractivity contribution is 7.19. The average Bonchev–Trinajstić information content (AvgIpc) is 3.26. The number of fused-ring (bicyclic) bond motifs is 1. The molecule has 4 heterocycles. The summed E-state index contributed by atoms with van der Waals surface area (Å²) in [5, 5.41) is 18.0. The molecule has 1 saturated heterocycles. The number of aromatic amines is 1. The molecule has 7 nitrogen and oxygen atoms in total. The quantitative estimate of drug-likeness (QED) is 0.488. The van der Waals surface area contributed by atoms with E-state index in [1.807, 2.05) is 13.0 Å². The fraction of sp³-hybridized carbons (Fsp3) is 0.550. The fourth-order valence-corrected chi connectivity index (χ4v) is 4.82. The summed E-state index contributed by atoms with van der Waals surface area (Å²) in [7, 11) is 0. The molecule has 1 fully saturated rings. The van der Waals surface area contributed by atoms with Crippen molar-refractivity contribution in [2.75, 3.05) is 10.6 Å². The molecule has 3 aromatic heterocycles. The van der Waals surface area contributed by atoms with Gasteiger partial charge in [-0.15, -0.1) is 11.3 Å². The van der Waals surface area contributed by atoms with E-state index in [2.05, 4.69) is 53.0 Å². The van der Waals surface area contributed by atoms with Gasteiger partial charge in [-0.25, -0.2) is 4.98 Å². The number of hydrogen-bond acceptors (Lipinski definition) is 7. The Balaban J connectivity index is 1.61. The van der Waals surface area contributed by atoms with Crippen LogP contribution in [0.1, 0.15) is 50.1 Å². The first-order chi connectivity index (χ1) is 13.5. The normalized spacial score (nSPS) is 22.5. The number of nitrogens with one attached hydrogen (secondary N) is 4. The van der Waals surface area contributed by atoms with Gasteiger partial charge in [-0.3, -0.25) is 5.10 Å². The number of rotatable bonds is 6. The van der Waals surface area contributed by atoms with Gasteiger partial charge in [-0.05, 0) is 45.6 Å². The van der Waals surface area contributed by atoms with Crippen molar-refractivity contribution in [2.24, 2.45) is 0 Å². The summed E-state index contributed by atoms with van der Waals surface area (Å²) in [5.41, 5.74) is 1.99. The molecule has 0 saturated carbocycles. The molecule has 28 heavy (non-hydrogen) atoms. The number of thiophene rings is 1. The molecule has 3 aromatic rings. The molecular formula is C20H29N7S. The molecule has 0 aromatic carbocycles. The minimum Gasteiger partial charge on any atom is -0.351 e. The van der Waals surface area contributed by atoms with Gasteiger partial charge in [0.05, 0.1) is 10.2 Å². The van der Waals surface area contributed by atoms with E-state index in [4.69, 9.17) is 9.97 Å². The number of anilines is 3. The Labute approximate surface area is 169 Å². The highest BCUT2D eigenvalue weighted by Gasteiger charge is 2.27. The molecule has 0 aliphatic carbocycles. The van der Waals surface area contributed by atoms with E-state index in [0.717, 1.165) is 53.2 Å². The predicted octanol–water partition coefficient (Wildman–Crippen LogP) is 4.50. The van der Waals surface area contributed by atoms with Crippen molar-refractivity contribution >= 4 is 39.1 Å². The summed E-state index contributed by atoms with van der Waals surface area (Å²) in [6, 6.07) is 5.58. The third-order valence-corrected chi connectivity index (χ3v) is 6.42. The first-order valence-corrected chi connectivity index (χ1v) is 11.0. The number of H-pyrrole nitrogens is 1. The van der Waals surface area contributed by atoms with Gasteiger partial charge in [0.15, 0.2) is 11.6 Å². The van der Waals surface area contributed by atoms with Crippen molar-refractivity contribution in [2.45, 2.75) is 71.5 Å². The zero-order chi connectivity index (χ0) is 19.7. The van der Waals surface area contributed by atoms with Gasteiger partial charge in [0.1, 0.15) is 0 Å². The van der Waals surface area contributed by atoms with E-state index >= 15 is 0 Å². The second kappa shape index (κ2) is 8.05. The Bertz CT molecular complexity index is 935. The van der Waals surface area contributed by atoms with Crippen molar-refractivity contribution in [3.05, 3.63) is 22.7 Å². The number of piperidine rings is 1. The summed E-state index contributed by atoms with van der Waals surface area (Å²) in [6.07, 6.45) is 4.48. The monoisotopic (exact) mass is 399 g/mol. The van der Waals surface area contributed by atoms with E-state index < -0.39 is 0 Å². The Morgan fingerprint density at radius 1 is 1.11 bits per heavy atom. The van der Waals surface area contributed by atoms with Crippen LogP contribution in [0.2, 0.25) is 0 Å². The van der Waals surface area contributed by atoms with Crippen molar-refractivity contribution in [3.8, 4) is 0 Å². The van der Waals surface area contributed by atoms with Gasteiger partial charge in [-0.2, -0.15) is 10.1 Å². The van der Waals surface area contributed by atoms with Crippen molar-refractivity contribution in [1.29, 1.82) is 0 Å². The molecule has 4 N–H and O–H groups in total. The first kappa shape index (κ1) is 19.1. The lowest BCUT2D eigenvalue weighted by Gasteiger charge is -2.36. The lowest BCUT2D eigenvalue weighted by Crippen LogP contribution is -2.49. The minimum atomic E-state index is 0.383. The number of aryl methyl sites for hydroxylation is 2. The third-order valence-electron chi connectivity index (χ3n) is 5.38. The van der Waals surface area contributed by atoms with Crippen molar-refractivity contribution in [3.63, 3.8) is 0 Å². The molecule has 1 aliphatic heterocycles. The van der Waals surface area contributed by atoms with Crippen LogP contribution in [0.4, 0.5) is 17.6 Å². The third kappa shape index (κ3) is 4.12. The van der Waals surface area contributed by atoms with E-state index in [1.54, 1.807) is 11.3 Å². The zero-order valence-electron chi connectivity index (χ0n) is 17.0. The number of hydrogen-bond donors (Lipinski definition) is 4. The van der Waals surface area contributed by atoms with E-state index in [9.17, 15) is 0 Å².